The first-order valence-electron chi connectivity index (χ1n) is 9.14. The molecule has 2 aromatic carbocycles. The van der Waals surface area contributed by atoms with E-state index in [0.29, 0.717) is 24.2 Å². The monoisotopic (exact) mass is 401 g/mol. The molecule has 8 heteroatoms. The fraction of sp³-hybridized carbons (Fsp3) is 0.300. The number of carbonyl (C=O) groups excluding carboxylic acids is 2. The van der Waals surface area contributed by atoms with Crippen LogP contribution in [0.15, 0.2) is 47.4 Å². The van der Waals surface area contributed by atoms with Gasteiger partial charge in [0.25, 0.3) is 5.91 Å². The Kier molecular flexibility index (Phi) is 5.81. The standard InChI is InChI=1S/C20H23N3O4S/c1-3-21-28(26,27)17-11-6-14(2)18(13-17)20(25)22-15-7-9-16(10-8-15)23-12-4-5-19(23)24/h6-11,13,21H,3-5,12H2,1-2H3,(H,22,25). The molecule has 1 aliphatic rings. The molecule has 0 bridgehead atoms. The molecule has 0 aromatic heterocycles. The van der Waals surface area contributed by atoms with Crippen molar-refractivity contribution in [3.8, 4) is 0 Å². The van der Waals surface area contributed by atoms with Gasteiger partial charge in [0, 0.05) is 36.4 Å². The third kappa shape index (κ3) is 4.23. The topological polar surface area (TPSA) is 95.6 Å². The predicted octanol–water partition coefficient (Wildman–Crippen LogP) is 2.67. The number of rotatable bonds is 6. The van der Waals surface area contributed by atoms with Crippen molar-refractivity contribution in [3.05, 3.63) is 53.6 Å². The molecule has 0 spiro atoms. The van der Waals surface area contributed by atoms with Gasteiger partial charge >= 0.3 is 0 Å². The van der Waals surface area contributed by atoms with Crippen LogP contribution in [0.4, 0.5) is 11.4 Å². The molecule has 2 amide bonds. The van der Waals surface area contributed by atoms with Crippen LogP contribution < -0.4 is 14.9 Å². The van der Waals surface area contributed by atoms with Gasteiger partial charge in [-0.05, 0) is 55.3 Å². The first-order chi connectivity index (χ1) is 13.3. The lowest BCUT2D eigenvalue weighted by Gasteiger charge is -2.16. The van der Waals surface area contributed by atoms with Crippen LogP contribution in [0.5, 0.6) is 0 Å². The predicted molar refractivity (Wildman–Crippen MR) is 108 cm³/mol. The SMILES string of the molecule is CCNS(=O)(=O)c1ccc(C)c(C(=O)Nc2ccc(N3CCCC3=O)cc2)c1. The third-order valence-electron chi connectivity index (χ3n) is 4.61. The Morgan fingerprint density at radius 3 is 2.46 bits per heavy atom. The lowest BCUT2D eigenvalue weighted by atomic mass is 10.1. The summed E-state index contributed by atoms with van der Waals surface area (Å²) in [5.41, 5.74) is 2.33. The minimum atomic E-state index is -3.64. The van der Waals surface area contributed by atoms with Crippen molar-refractivity contribution in [2.75, 3.05) is 23.3 Å². The lowest BCUT2D eigenvalue weighted by Crippen LogP contribution is -2.24. The molecule has 7 nitrogen and oxygen atoms in total. The molecular formula is C20H23N3O4S. The van der Waals surface area contributed by atoms with E-state index in [-0.39, 0.29) is 22.9 Å². The second-order valence-electron chi connectivity index (χ2n) is 6.63. The van der Waals surface area contributed by atoms with Crippen LogP contribution in [0.3, 0.4) is 0 Å². The van der Waals surface area contributed by atoms with E-state index in [9.17, 15) is 18.0 Å². The van der Waals surface area contributed by atoms with Crippen molar-refractivity contribution in [1.29, 1.82) is 0 Å². The highest BCUT2D eigenvalue weighted by Gasteiger charge is 2.22. The minimum Gasteiger partial charge on any atom is -0.322 e. The van der Waals surface area contributed by atoms with Crippen LogP contribution in [0.25, 0.3) is 0 Å². The molecule has 28 heavy (non-hydrogen) atoms. The van der Waals surface area contributed by atoms with Gasteiger partial charge in [-0.15, -0.1) is 0 Å². The molecule has 2 N–H and O–H groups in total. The van der Waals surface area contributed by atoms with E-state index in [1.165, 1.54) is 12.1 Å². The van der Waals surface area contributed by atoms with Crippen LogP contribution in [0, 0.1) is 6.92 Å². The van der Waals surface area contributed by atoms with E-state index in [1.807, 2.05) is 0 Å². The molecule has 1 fully saturated rings. The van der Waals surface area contributed by atoms with Gasteiger partial charge in [0.05, 0.1) is 4.90 Å². The smallest absolute Gasteiger partial charge is 0.255 e. The Hall–Kier alpha value is -2.71. The highest BCUT2D eigenvalue weighted by Crippen LogP contribution is 2.24. The molecule has 0 unspecified atom stereocenters. The van der Waals surface area contributed by atoms with E-state index in [4.69, 9.17) is 0 Å². The first-order valence-corrected chi connectivity index (χ1v) is 10.6. The Morgan fingerprint density at radius 2 is 1.86 bits per heavy atom. The zero-order chi connectivity index (χ0) is 20.3. The van der Waals surface area contributed by atoms with Gasteiger partial charge in [-0.25, -0.2) is 13.1 Å². The maximum absolute atomic E-state index is 12.7. The second kappa shape index (κ2) is 8.12. The molecular weight excluding hydrogens is 378 g/mol. The van der Waals surface area contributed by atoms with Crippen LogP contribution >= 0.6 is 0 Å². The molecule has 3 rings (SSSR count). The number of hydrogen-bond donors (Lipinski definition) is 2. The number of benzene rings is 2. The quantitative estimate of drug-likeness (QED) is 0.778. The van der Waals surface area contributed by atoms with Crippen molar-refractivity contribution in [2.24, 2.45) is 0 Å². The molecule has 2 aromatic rings. The fourth-order valence-electron chi connectivity index (χ4n) is 3.13. The number of anilines is 2. The van der Waals surface area contributed by atoms with Crippen molar-refractivity contribution < 1.29 is 18.0 Å². The average molecular weight is 401 g/mol. The molecule has 1 aliphatic heterocycles. The van der Waals surface area contributed by atoms with Gasteiger partial charge in [-0.2, -0.15) is 0 Å². The summed E-state index contributed by atoms with van der Waals surface area (Å²) in [4.78, 5) is 26.3. The van der Waals surface area contributed by atoms with Crippen LogP contribution in [-0.2, 0) is 14.8 Å². The number of carbonyl (C=O) groups is 2. The summed E-state index contributed by atoms with van der Waals surface area (Å²) in [6.45, 7) is 4.42. The number of hydrogen-bond acceptors (Lipinski definition) is 4. The van der Waals surface area contributed by atoms with E-state index < -0.39 is 15.9 Å². The molecule has 148 valence electrons. The molecule has 0 radical (unpaired) electrons. The first kappa shape index (κ1) is 20.0. The number of aryl methyl sites for hydroxylation is 1. The van der Waals surface area contributed by atoms with Crippen LogP contribution in [-0.4, -0.2) is 33.3 Å². The number of nitrogens with one attached hydrogen (secondary N) is 2. The molecule has 1 saturated heterocycles. The molecule has 0 aliphatic carbocycles. The number of amides is 2. The Bertz CT molecular complexity index is 1000. The minimum absolute atomic E-state index is 0.0491. The van der Waals surface area contributed by atoms with Gasteiger partial charge in [-0.1, -0.05) is 13.0 Å². The maximum atomic E-state index is 12.7. The lowest BCUT2D eigenvalue weighted by molar-refractivity contribution is -0.117. The number of nitrogens with zero attached hydrogens (tertiary/aromatic N) is 1. The highest BCUT2D eigenvalue weighted by molar-refractivity contribution is 7.89. The fourth-order valence-corrected chi connectivity index (χ4v) is 4.20. The highest BCUT2D eigenvalue weighted by atomic mass is 32.2. The Morgan fingerprint density at radius 1 is 1.14 bits per heavy atom. The second-order valence-corrected chi connectivity index (χ2v) is 8.39. The van der Waals surface area contributed by atoms with Crippen molar-refractivity contribution in [2.45, 2.75) is 31.6 Å². The van der Waals surface area contributed by atoms with Crippen molar-refractivity contribution in [3.63, 3.8) is 0 Å². The van der Waals surface area contributed by atoms with Gasteiger partial charge in [0.15, 0.2) is 0 Å². The molecule has 0 saturated carbocycles. The maximum Gasteiger partial charge on any atom is 0.255 e. The Labute approximate surface area is 164 Å². The van der Waals surface area contributed by atoms with Crippen molar-refractivity contribution in [1.82, 2.24) is 4.72 Å². The van der Waals surface area contributed by atoms with Gasteiger partial charge in [0.2, 0.25) is 15.9 Å². The van der Waals surface area contributed by atoms with E-state index >= 15 is 0 Å². The summed E-state index contributed by atoms with van der Waals surface area (Å²) in [6.07, 6.45) is 1.41. The number of sulfonamides is 1. The molecule has 1 heterocycles. The van der Waals surface area contributed by atoms with Gasteiger partial charge in [-0.3, -0.25) is 9.59 Å². The largest absolute Gasteiger partial charge is 0.322 e. The van der Waals surface area contributed by atoms with Crippen molar-refractivity contribution >= 4 is 33.2 Å². The zero-order valence-corrected chi connectivity index (χ0v) is 16.7. The summed E-state index contributed by atoms with van der Waals surface area (Å²) >= 11 is 0. The van der Waals surface area contributed by atoms with Gasteiger partial charge in [0.1, 0.15) is 0 Å². The van der Waals surface area contributed by atoms with Crippen LogP contribution in [0.1, 0.15) is 35.7 Å². The summed E-state index contributed by atoms with van der Waals surface area (Å²) in [5.74, 6) is -0.290. The Balaban J connectivity index is 1.78. The van der Waals surface area contributed by atoms with E-state index in [0.717, 1.165) is 12.1 Å². The summed E-state index contributed by atoms with van der Waals surface area (Å²) in [6, 6.07) is 11.5. The summed E-state index contributed by atoms with van der Waals surface area (Å²) in [7, 11) is -3.64. The van der Waals surface area contributed by atoms with E-state index in [2.05, 4.69) is 10.0 Å². The zero-order valence-electron chi connectivity index (χ0n) is 15.9. The third-order valence-corrected chi connectivity index (χ3v) is 6.15. The summed E-state index contributed by atoms with van der Waals surface area (Å²) in [5, 5.41) is 2.78. The summed E-state index contributed by atoms with van der Waals surface area (Å²) < 4.78 is 26.8. The van der Waals surface area contributed by atoms with E-state index in [1.54, 1.807) is 49.1 Å². The average Bonchev–Trinajstić information content (AvgIpc) is 3.08. The normalized spacial score (nSPS) is 14.4. The molecule has 0 atom stereocenters. The van der Waals surface area contributed by atoms with Crippen LogP contribution in [0.2, 0.25) is 0 Å². The van der Waals surface area contributed by atoms with Gasteiger partial charge < -0.3 is 10.2 Å².